The van der Waals surface area contributed by atoms with Crippen LogP contribution in [-0.2, 0) is 11.0 Å². The highest BCUT2D eigenvalue weighted by atomic mass is 35.5. The SMILES string of the molecule is CC(C(=O)Nc1ccc(Cl)cc1)N1CCC2C(CCCN2c2ccnc(C(F)(F)F)n2)C1. The van der Waals surface area contributed by atoms with Gasteiger partial charge in [-0.05, 0) is 62.4 Å². The van der Waals surface area contributed by atoms with E-state index in [9.17, 15) is 18.0 Å². The van der Waals surface area contributed by atoms with E-state index < -0.39 is 12.0 Å². The van der Waals surface area contributed by atoms with Crippen molar-refractivity contribution in [1.82, 2.24) is 14.9 Å². The van der Waals surface area contributed by atoms with Crippen LogP contribution in [0.3, 0.4) is 0 Å². The number of carbonyl (C=O) groups is 1. The standard InChI is InChI=1S/C22H25ClF3N5O/c1-14(20(32)28-17-6-4-16(23)5-7-17)30-12-9-18-15(13-30)3-2-11-31(18)19-8-10-27-21(29-19)22(24,25)26/h4-8,10,14-15,18H,2-3,9,11-13H2,1H3,(H,28,32). The van der Waals surface area contributed by atoms with Gasteiger partial charge in [0.15, 0.2) is 0 Å². The lowest BCUT2D eigenvalue weighted by molar-refractivity contribution is -0.144. The molecule has 1 amide bonds. The van der Waals surface area contributed by atoms with Crippen molar-refractivity contribution in [3.63, 3.8) is 0 Å². The van der Waals surface area contributed by atoms with E-state index in [1.54, 1.807) is 30.3 Å². The molecule has 0 saturated carbocycles. The van der Waals surface area contributed by atoms with Crippen LogP contribution < -0.4 is 10.2 Å². The summed E-state index contributed by atoms with van der Waals surface area (Å²) in [5.74, 6) is -0.623. The van der Waals surface area contributed by atoms with Gasteiger partial charge in [-0.2, -0.15) is 13.2 Å². The number of piperidine rings is 2. The Labute approximate surface area is 189 Å². The third-order valence-corrected chi connectivity index (χ3v) is 6.58. The van der Waals surface area contributed by atoms with Gasteiger partial charge in [0.05, 0.1) is 6.04 Å². The van der Waals surface area contributed by atoms with Crippen molar-refractivity contribution in [3.8, 4) is 0 Å². The van der Waals surface area contributed by atoms with Crippen LogP contribution in [0.15, 0.2) is 36.5 Å². The Bertz CT molecular complexity index is 955. The average Bonchev–Trinajstić information content (AvgIpc) is 2.78. The van der Waals surface area contributed by atoms with Crippen LogP contribution in [0.4, 0.5) is 24.7 Å². The molecule has 3 atom stereocenters. The number of aromatic nitrogens is 2. The van der Waals surface area contributed by atoms with Crippen molar-refractivity contribution in [2.75, 3.05) is 29.9 Å². The number of nitrogens with zero attached hydrogens (tertiary/aromatic N) is 4. The number of alkyl halides is 3. The van der Waals surface area contributed by atoms with Gasteiger partial charge in [0.1, 0.15) is 5.82 Å². The minimum atomic E-state index is -4.57. The van der Waals surface area contributed by atoms with E-state index in [1.165, 1.54) is 6.20 Å². The van der Waals surface area contributed by atoms with Crippen molar-refractivity contribution in [2.45, 2.75) is 44.4 Å². The van der Waals surface area contributed by atoms with Gasteiger partial charge in [0.25, 0.3) is 0 Å². The zero-order valence-electron chi connectivity index (χ0n) is 17.6. The molecule has 4 rings (SSSR count). The summed E-state index contributed by atoms with van der Waals surface area (Å²) < 4.78 is 39.2. The highest BCUT2D eigenvalue weighted by molar-refractivity contribution is 6.30. The van der Waals surface area contributed by atoms with Crippen LogP contribution in [-0.4, -0.2) is 52.5 Å². The van der Waals surface area contributed by atoms with Crippen LogP contribution in [0.1, 0.15) is 32.0 Å². The second-order valence-corrected chi connectivity index (χ2v) is 8.79. The summed E-state index contributed by atoms with van der Waals surface area (Å²) in [4.78, 5) is 24.1. The molecule has 0 spiro atoms. The normalized spacial score (nSPS) is 22.8. The Kier molecular flexibility index (Phi) is 6.57. The maximum Gasteiger partial charge on any atom is 0.451 e. The molecule has 0 aliphatic carbocycles. The van der Waals surface area contributed by atoms with E-state index in [0.29, 0.717) is 36.2 Å². The summed E-state index contributed by atoms with van der Waals surface area (Å²) in [6, 6.07) is 8.29. The van der Waals surface area contributed by atoms with Gasteiger partial charge in [-0.15, -0.1) is 0 Å². The molecular weight excluding hydrogens is 443 g/mol. The molecule has 32 heavy (non-hydrogen) atoms. The average molecular weight is 468 g/mol. The molecule has 2 aromatic rings. The molecule has 1 aromatic heterocycles. The highest BCUT2D eigenvalue weighted by Gasteiger charge is 2.40. The summed E-state index contributed by atoms with van der Waals surface area (Å²) >= 11 is 5.90. The van der Waals surface area contributed by atoms with Crippen LogP contribution in [0, 0.1) is 5.92 Å². The number of likely N-dealkylation sites (tertiary alicyclic amines) is 1. The molecule has 1 aromatic carbocycles. The molecule has 10 heteroatoms. The number of hydrogen-bond donors (Lipinski definition) is 1. The van der Waals surface area contributed by atoms with E-state index in [4.69, 9.17) is 11.6 Å². The maximum absolute atomic E-state index is 13.1. The second kappa shape index (κ2) is 9.23. The van der Waals surface area contributed by atoms with Crippen LogP contribution >= 0.6 is 11.6 Å². The minimum absolute atomic E-state index is 0.0935. The zero-order chi connectivity index (χ0) is 22.9. The fourth-order valence-electron chi connectivity index (χ4n) is 4.66. The predicted molar refractivity (Wildman–Crippen MR) is 117 cm³/mol. The number of hydrogen-bond acceptors (Lipinski definition) is 5. The molecule has 2 fully saturated rings. The summed E-state index contributed by atoms with van der Waals surface area (Å²) in [5.41, 5.74) is 0.689. The number of amides is 1. The number of fused-ring (bicyclic) bond motifs is 1. The van der Waals surface area contributed by atoms with Crippen LogP contribution in [0.5, 0.6) is 0 Å². The summed E-state index contributed by atoms with van der Waals surface area (Å²) in [7, 11) is 0. The molecule has 3 unspecified atom stereocenters. The maximum atomic E-state index is 13.1. The van der Waals surface area contributed by atoms with Gasteiger partial charge in [0.2, 0.25) is 11.7 Å². The Morgan fingerprint density at radius 2 is 1.94 bits per heavy atom. The van der Waals surface area contributed by atoms with Gasteiger partial charge >= 0.3 is 6.18 Å². The van der Waals surface area contributed by atoms with Gasteiger partial charge < -0.3 is 10.2 Å². The molecule has 1 N–H and O–H groups in total. The summed E-state index contributed by atoms with van der Waals surface area (Å²) in [6.45, 7) is 3.95. The summed E-state index contributed by atoms with van der Waals surface area (Å²) in [5, 5.41) is 3.52. The van der Waals surface area contributed by atoms with Crippen LogP contribution in [0.25, 0.3) is 0 Å². The first-order valence-electron chi connectivity index (χ1n) is 10.7. The molecule has 0 bridgehead atoms. The third kappa shape index (κ3) is 4.99. The molecule has 2 aliphatic rings. The summed E-state index contributed by atoms with van der Waals surface area (Å²) in [6.07, 6.45) is -0.796. The first-order chi connectivity index (χ1) is 15.2. The smallest absolute Gasteiger partial charge is 0.353 e. The first-order valence-corrected chi connectivity index (χ1v) is 11.1. The third-order valence-electron chi connectivity index (χ3n) is 6.33. The fourth-order valence-corrected chi connectivity index (χ4v) is 4.79. The molecule has 172 valence electrons. The largest absolute Gasteiger partial charge is 0.451 e. The monoisotopic (exact) mass is 467 g/mol. The topological polar surface area (TPSA) is 61.4 Å². The first kappa shape index (κ1) is 22.8. The van der Waals surface area contributed by atoms with Gasteiger partial charge in [-0.25, -0.2) is 9.97 Å². The Morgan fingerprint density at radius 3 is 2.66 bits per heavy atom. The lowest BCUT2D eigenvalue weighted by Gasteiger charge is -2.48. The van der Waals surface area contributed by atoms with Crippen LogP contribution in [0.2, 0.25) is 5.02 Å². The molecule has 6 nitrogen and oxygen atoms in total. The highest BCUT2D eigenvalue weighted by Crippen LogP contribution is 2.35. The second-order valence-electron chi connectivity index (χ2n) is 8.35. The van der Waals surface area contributed by atoms with Crippen molar-refractivity contribution in [1.29, 1.82) is 0 Å². The van der Waals surface area contributed by atoms with Crippen molar-refractivity contribution in [3.05, 3.63) is 47.4 Å². The fraction of sp³-hybridized carbons (Fsp3) is 0.500. The van der Waals surface area contributed by atoms with E-state index in [-0.39, 0.29) is 23.9 Å². The molecule has 2 saturated heterocycles. The van der Waals surface area contributed by atoms with Crippen molar-refractivity contribution in [2.24, 2.45) is 5.92 Å². The van der Waals surface area contributed by atoms with Crippen molar-refractivity contribution < 1.29 is 18.0 Å². The van der Waals surface area contributed by atoms with E-state index in [2.05, 4.69) is 20.2 Å². The number of carbonyl (C=O) groups excluding carboxylic acids is 1. The molecule has 3 heterocycles. The number of nitrogens with one attached hydrogen (secondary N) is 1. The minimum Gasteiger partial charge on any atom is -0.353 e. The molecule has 0 radical (unpaired) electrons. The van der Waals surface area contributed by atoms with E-state index in [0.717, 1.165) is 19.3 Å². The van der Waals surface area contributed by atoms with Gasteiger partial charge in [-0.1, -0.05) is 11.6 Å². The quantitative estimate of drug-likeness (QED) is 0.719. The molecule has 2 aliphatic heterocycles. The number of benzene rings is 1. The van der Waals surface area contributed by atoms with Gasteiger partial charge in [-0.3, -0.25) is 9.69 Å². The van der Waals surface area contributed by atoms with E-state index >= 15 is 0 Å². The Hall–Kier alpha value is -2.39. The number of halogens is 4. The predicted octanol–water partition coefficient (Wildman–Crippen LogP) is 4.47. The number of anilines is 2. The molecular formula is C22H25ClF3N5O. The zero-order valence-corrected chi connectivity index (χ0v) is 18.4. The van der Waals surface area contributed by atoms with Gasteiger partial charge in [0, 0.05) is 42.6 Å². The van der Waals surface area contributed by atoms with E-state index in [1.807, 2.05) is 11.8 Å². The van der Waals surface area contributed by atoms with Crippen molar-refractivity contribution >= 4 is 29.0 Å². The lowest BCUT2D eigenvalue weighted by atomic mass is 9.83. The lowest BCUT2D eigenvalue weighted by Crippen LogP contribution is -2.57. The Morgan fingerprint density at radius 1 is 1.19 bits per heavy atom. The Balaban J connectivity index is 1.42. The number of rotatable bonds is 4.